The SMILES string of the molecule is Cc1cc(C(=O)N[C@H]2CCN(C)[C@H]2c2ccc(Cl)cc2)no1. The van der Waals surface area contributed by atoms with Crippen molar-refractivity contribution in [1.82, 2.24) is 15.4 Å². The maximum atomic E-state index is 12.3. The van der Waals surface area contributed by atoms with E-state index in [-0.39, 0.29) is 18.0 Å². The van der Waals surface area contributed by atoms with Crippen LogP contribution in [0.15, 0.2) is 34.9 Å². The van der Waals surface area contributed by atoms with Gasteiger partial charge in [-0.2, -0.15) is 0 Å². The molecule has 0 saturated carbocycles. The number of likely N-dealkylation sites (N-methyl/N-ethyl adjacent to an activating group) is 1. The van der Waals surface area contributed by atoms with E-state index in [2.05, 4.69) is 22.4 Å². The Morgan fingerprint density at radius 1 is 1.41 bits per heavy atom. The molecule has 0 bridgehead atoms. The van der Waals surface area contributed by atoms with Crippen LogP contribution < -0.4 is 5.32 Å². The normalized spacial score (nSPS) is 22.0. The molecule has 1 N–H and O–H groups in total. The van der Waals surface area contributed by atoms with Gasteiger partial charge in [-0.05, 0) is 38.1 Å². The van der Waals surface area contributed by atoms with Crippen molar-refractivity contribution in [2.45, 2.75) is 25.4 Å². The predicted octanol–water partition coefficient (Wildman–Crippen LogP) is 2.81. The summed E-state index contributed by atoms with van der Waals surface area (Å²) in [5.41, 5.74) is 1.47. The number of carbonyl (C=O) groups is 1. The number of aromatic nitrogens is 1. The van der Waals surface area contributed by atoms with Crippen LogP contribution in [0.3, 0.4) is 0 Å². The van der Waals surface area contributed by atoms with Crippen molar-refractivity contribution in [2.24, 2.45) is 0 Å². The van der Waals surface area contributed by atoms with E-state index in [1.165, 1.54) is 0 Å². The minimum atomic E-state index is -0.198. The van der Waals surface area contributed by atoms with Crippen LogP contribution in [0.1, 0.15) is 34.3 Å². The minimum Gasteiger partial charge on any atom is -0.361 e. The molecule has 6 heteroatoms. The zero-order valence-electron chi connectivity index (χ0n) is 12.5. The molecule has 0 spiro atoms. The summed E-state index contributed by atoms with van der Waals surface area (Å²) in [6.45, 7) is 2.69. The fraction of sp³-hybridized carbons (Fsp3) is 0.375. The maximum Gasteiger partial charge on any atom is 0.273 e. The van der Waals surface area contributed by atoms with Crippen LogP contribution in [0.4, 0.5) is 0 Å². The number of nitrogens with zero attached hydrogens (tertiary/aromatic N) is 2. The first kappa shape index (κ1) is 15.1. The molecule has 116 valence electrons. The Labute approximate surface area is 134 Å². The molecule has 1 fully saturated rings. The van der Waals surface area contributed by atoms with E-state index >= 15 is 0 Å². The van der Waals surface area contributed by atoms with Crippen molar-refractivity contribution in [3.05, 3.63) is 52.4 Å². The largest absolute Gasteiger partial charge is 0.361 e. The quantitative estimate of drug-likeness (QED) is 0.945. The molecule has 1 saturated heterocycles. The first-order valence-corrected chi connectivity index (χ1v) is 7.62. The van der Waals surface area contributed by atoms with Gasteiger partial charge in [0.25, 0.3) is 5.91 Å². The zero-order chi connectivity index (χ0) is 15.7. The van der Waals surface area contributed by atoms with Crippen molar-refractivity contribution in [3.63, 3.8) is 0 Å². The Bertz CT molecular complexity index is 668. The van der Waals surface area contributed by atoms with E-state index in [4.69, 9.17) is 16.1 Å². The van der Waals surface area contributed by atoms with Gasteiger partial charge in [0.05, 0.1) is 12.1 Å². The zero-order valence-corrected chi connectivity index (χ0v) is 13.3. The summed E-state index contributed by atoms with van der Waals surface area (Å²) in [4.78, 5) is 14.5. The lowest BCUT2D eigenvalue weighted by Crippen LogP contribution is -2.39. The summed E-state index contributed by atoms with van der Waals surface area (Å²) < 4.78 is 4.96. The Kier molecular flexibility index (Phi) is 4.18. The van der Waals surface area contributed by atoms with Gasteiger partial charge < -0.3 is 9.84 Å². The molecule has 2 aromatic rings. The maximum absolute atomic E-state index is 12.3. The van der Waals surface area contributed by atoms with Crippen molar-refractivity contribution in [3.8, 4) is 0 Å². The fourth-order valence-electron chi connectivity index (χ4n) is 2.96. The monoisotopic (exact) mass is 319 g/mol. The molecular weight excluding hydrogens is 302 g/mol. The number of rotatable bonds is 3. The second-order valence-corrected chi connectivity index (χ2v) is 6.10. The Balaban J connectivity index is 1.77. The smallest absolute Gasteiger partial charge is 0.273 e. The van der Waals surface area contributed by atoms with Gasteiger partial charge in [-0.15, -0.1) is 0 Å². The number of benzene rings is 1. The molecule has 2 atom stereocenters. The first-order chi connectivity index (χ1) is 10.5. The van der Waals surface area contributed by atoms with Gasteiger partial charge in [0, 0.05) is 17.6 Å². The van der Waals surface area contributed by atoms with Gasteiger partial charge in [-0.3, -0.25) is 9.69 Å². The highest BCUT2D eigenvalue weighted by Gasteiger charge is 2.34. The summed E-state index contributed by atoms with van der Waals surface area (Å²) in [6, 6.07) is 9.59. The van der Waals surface area contributed by atoms with Crippen LogP contribution in [0.25, 0.3) is 0 Å². The van der Waals surface area contributed by atoms with Crippen LogP contribution >= 0.6 is 11.6 Å². The van der Waals surface area contributed by atoms with Crippen LogP contribution in [0, 0.1) is 6.92 Å². The lowest BCUT2D eigenvalue weighted by molar-refractivity contribution is 0.0918. The standard InChI is InChI=1S/C16H18ClN3O2/c1-10-9-14(19-22-10)16(21)18-13-7-8-20(2)15(13)11-3-5-12(17)6-4-11/h3-6,9,13,15H,7-8H2,1-2H3,(H,18,21)/t13-,15-/m0/s1. The number of amides is 1. The van der Waals surface area contributed by atoms with Crippen LogP contribution in [-0.4, -0.2) is 35.6 Å². The summed E-state index contributed by atoms with van der Waals surface area (Å²) in [5.74, 6) is 0.430. The molecule has 1 aliphatic heterocycles. The molecule has 1 aromatic carbocycles. The summed E-state index contributed by atoms with van der Waals surface area (Å²) >= 11 is 5.96. The van der Waals surface area contributed by atoms with E-state index in [1.807, 2.05) is 24.3 Å². The van der Waals surface area contributed by atoms with Crippen molar-refractivity contribution >= 4 is 17.5 Å². The molecular formula is C16H18ClN3O2. The topological polar surface area (TPSA) is 58.4 Å². The van der Waals surface area contributed by atoms with E-state index in [1.54, 1.807) is 13.0 Å². The van der Waals surface area contributed by atoms with Crippen LogP contribution in [0.2, 0.25) is 5.02 Å². The number of nitrogens with one attached hydrogen (secondary N) is 1. The van der Waals surface area contributed by atoms with Gasteiger partial charge in [0.2, 0.25) is 0 Å². The molecule has 0 radical (unpaired) electrons. The lowest BCUT2D eigenvalue weighted by atomic mass is 10.00. The average molecular weight is 320 g/mol. The van der Waals surface area contributed by atoms with Gasteiger partial charge >= 0.3 is 0 Å². The van der Waals surface area contributed by atoms with E-state index in [0.717, 1.165) is 18.5 Å². The van der Waals surface area contributed by atoms with Crippen molar-refractivity contribution < 1.29 is 9.32 Å². The highest BCUT2D eigenvalue weighted by molar-refractivity contribution is 6.30. The number of aryl methyl sites for hydroxylation is 1. The highest BCUT2D eigenvalue weighted by atomic mass is 35.5. The molecule has 5 nitrogen and oxygen atoms in total. The Morgan fingerprint density at radius 2 is 2.14 bits per heavy atom. The average Bonchev–Trinajstić information content (AvgIpc) is 3.07. The molecule has 3 rings (SSSR count). The molecule has 1 aliphatic rings. The predicted molar refractivity (Wildman–Crippen MR) is 83.9 cm³/mol. The van der Waals surface area contributed by atoms with Crippen LogP contribution in [0.5, 0.6) is 0 Å². The Hall–Kier alpha value is -1.85. The second kappa shape index (κ2) is 6.10. The number of hydrogen-bond acceptors (Lipinski definition) is 4. The Morgan fingerprint density at radius 3 is 2.77 bits per heavy atom. The number of hydrogen-bond donors (Lipinski definition) is 1. The molecule has 22 heavy (non-hydrogen) atoms. The molecule has 0 unspecified atom stereocenters. The van der Waals surface area contributed by atoms with E-state index in [0.29, 0.717) is 16.5 Å². The third-order valence-electron chi connectivity index (χ3n) is 4.04. The molecule has 0 aliphatic carbocycles. The van der Waals surface area contributed by atoms with E-state index in [9.17, 15) is 4.79 Å². The van der Waals surface area contributed by atoms with Crippen molar-refractivity contribution in [1.29, 1.82) is 0 Å². The molecule has 1 amide bonds. The summed E-state index contributed by atoms with van der Waals surface area (Å²) in [7, 11) is 2.06. The number of halogens is 1. The molecule has 2 heterocycles. The number of carbonyl (C=O) groups excluding carboxylic acids is 1. The van der Waals surface area contributed by atoms with Gasteiger partial charge in [0.1, 0.15) is 5.76 Å². The first-order valence-electron chi connectivity index (χ1n) is 7.24. The van der Waals surface area contributed by atoms with Crippen molar-refractivity contribution in [2.75, 3.05) is 13.6 Å². The lowest BCUT2D eigenvalue weighted by Gasteiger charge is -2.26. The third-order valence-corrected chi connectivity index (χ3v) is 4.29. The summed E-state index contributed by atoms with van der Waals surface area (Å²) in [5, 5.41) is 7.55. The van der Waals surface area contributed by atoms with Gasteiger partial charge in [-0.25, -0.2) is 0 Å². The van der Waals surface area contributed by atoms with Crippen LogP contribution in [-0.2, 0) is 0 Å². The summed E-state index contributed by atoms with van der Waals surface area (Å²) in [6.07, 6.45) is 0.895. The minimum absolute atomic E-state index is 0.0377. The third kappa shape index (κ3) is 3.00. The second-order valence-electron chi connectivity index (χ2n) is 5.67. The highest BCUT2D eigenvalue weighted by Crippen LogP contribution is 2.31. The number of likely N-dealkylation sites (tertiary alicyclic amines) is 1. The van der Waals surface area contributed by atoms with E-state index < -0.39 is 0 Å². The molecule has 1 aromatic heterocycles. The van der Waals surface area contributed by atoms with Gasteiger partial charge in [0.15, 0.2) is 5.69 Å². The fourth-order valence-corrected chi connectivity index (χ4v) is 3.09. The van der Waals surface area contributed by atoms with Gasteiger partial charge in [-0.1, -0.05) is 28.9 Å².